The molecule has 1 aromatic carbocycles. The SMILES string of the molecule is NC(=O)c1cc(Cl)cc(S(=O)(=O)N2CCS(=O)(=O)C(C(=O)O)C2)c1. The van der Waals surface area contributed by atoms with Gasteiger partial charge in [-0.15, -0.1) is 0 Å². The first-order valence-electron chi connectivity index (χ1n) is 6.50. The Kier molecular flexibility index (Phi) is 4.91. The molecule has 1 heterocycles. The molecule has 9 nitrogen and oxygen atoms in total. The number of sulfone groups is 1. The lowest BCUT2D eigenvalue weighted by molar-refractivity contribution is -0.136. The van der Waals surface area contributed by atoms with Crippen LogP contribution in [-0.4, -0.2) is 62.2 Å². The fraction of sp³-hybridized carbons (Fsp3) is 0.333. The van der Waals surface area contributed by atoms with E-state index in [1.807, 2.05) is 0 Å². The molecule has 1 atom stereocenters. The fourth-order valence-electron chi connectivity index (χ4n) is 2.21. The molecule has 0 aromatic heterocycles. The predicted octanol–water partition coefficient (Wildman–Crippen LogP) is -0.689. The monoisotopic (exact) mass is 396 g/mol. The van der Waals surface area contributed by atoms with Crippen LogP contribution in [0.15, 0.2) is 23.1 Å². The van der Waals surface area contributed by atoms with Crippen LogP contribution >= 0.6 is 11.6 Å². The van der Waals surface area contributed by atoms with Gasteiger partial charge < -0.3 is 10.8 Å². The number of amides is 1. The molecule has 0 saturated carbocycles. The quantitative estimate of drug-likeness (QED) is 0.683. The first kappa shape index (κ1) is 18.6. The number of hydrogen-bond acceptors (Lipinski definition) is 6. The average molecular weight is 397 g/mol. The molecule has 1 aromatic rings. The van der Waals surface area contributed by atoms with Gasteiger partial charge in [0.05, 0.1) is 10.6 Å². The minimum absolute atomic E-state index is 0.0516. The third-order valence-electron chi connectivity index (χ3n) is 3.50. The zero-order valence-electron chi connectivity index (χ0n) is 12.0. The Morgan fingerprint density at radius 1 is 1.29 bits per heavy atom. The average Bonchev–Trinajstić information content (AvgIpc) is 2.45. The van der Waals surface area contributed by atoms with E-state index >= 15 is 0 Å². The number of carbonyl (C=O) groups excluding carboxylic acids is 1. The second-order valence-corrected chi connectivity index (χ2v) is 9.77. The summed E-state index contributed by atoms with van der Waals surface area (Å²) >= 11 is 5.78. The minimum Gasteiger partial charge on any atom is -0.480 e. The van der Waals surface area contributed by atoms with E-state index in [1.54, 1.807) is 0 Å². The summed E-state index contributed by atoms with van der Waals surface area (Å²) in [5.74, 6) is -3.13. The van der Waals surface area contributed by atoms with E-state index in [2.05, 4.69) is 0 Å². The molecule has 24 heavy (non-hydrogen) atoms. The maximum Gasteiger partial charge on any atom is 0.323 e. The van der Waals surface area contributed by atoms with Crippen molar-refractivity contribution >= 4 is 43.3 Å². The van der Waals surface area contributed by atoms with Crippen LogP contribution in [0.4, 0.5) is 0 Å². The summed E-state index contributed by atoms with van der Waals surface area (Å²) in [6, 6.07) is 3.26. The Labute approximate surface area is 143 Å². The van der Waals surface area contributed by atoms with Gasteiger partial charge in [0.15, 0.2) is 15.1 Å². The van der Waals surface area contributed by atoms with Crippen molar-refractivity contribution in [3.63, 3.8) is 0 Å². The molecule has 0 bridgehead atoms. The maximum atomic E-state index is 12.6. The molecule has 3 N–H and O–H groups in total. The normalized spacial score (nSPS) is 21.3. The van der Waals surface area contributed by atoms with Crippen LogP contribution in [0.25, 0.3) is 0 Å². The van der Waals surface area contributed by atoms with Crippen LogP contribution in [0.5, 0.6) is 0 Å². The molecule has 12 heteroatoms. The lowest BCUT2D eigenvalue weighted by atomic mass is 10.2. The lowest BCUT2D eigenvalue weighted by Crippen LogP contribution is -2.52. The number of aliphatic carboxylic acids is 1. The maximum absolute atomic E-state index is 12.6. The van der Waals surface area contributed by atoms with E-state index in [4.69, 9.17) is 22.4 Å². The molecule has 1 saturated heterocycles. The number of rotatable bonds is 4. The number of hydrogen-bond donors (Lipinski definition) is 2. The molecule has 132 valence electrons. The van der Waals surface area contributed by atoms with Gasteiger partial charge in [0.25, 0.3) is 0 Å². The second kappa shape index (κ2) is 6.31. The van der Waals surface area contributed by atoms with E-state index in [1.165, 1.54) is 6.07 Å². The Balaban J connectivity index is 2.45. The van der Waals surface area contributed by atoms with E-state index in [0.717, 1.165) is 16.4 Å². The van der Waals surface area contributed by atoms with Gasteiger partial charge in [0.2, 0.25) is 15.9 Å². The summed E-state index contributed by atoms with van der Waals surface area (Å²) in [6.07, 6.45) is 0. The Hall–Kier alpha value is -1.69. The molecule has 1 fully saturated rings. The standard InChI is InChI=1S/C12H13ClN2O7S2/c13-8-3-7(11(14)16)4-9(5-8)24(21,22)15-1-2-23(19,20)10(6-15)12(17)18/h3-5,10H,1-2,6H2,(H2,14,16)(H,17,18). The zero-order valence-corrected chi connectivity index (χ0v) is 14.4. The van der Waals surface area contributed by atoms with Crippen molar-refractivity contribution in [2.75, 3.05) is 18.8 Å². The van der Waals surface area contributed by atoms with E-state index in [0.29, 0.717) is 0 Å². The van der Waals surface area contributed by atoms with Crippen LogP contribution in [0.1, 0.15) is 10.4 Å². The molecule has 0 spiro atoms. The van der Waals surface area contributed by atoms with Crippen molar-refractivity contribution in [1.29, 1.82) is 0 Å². The highest BCUT2D eigenvalue weighted by Gasteiger charge is 2.42. The van der Waals surface area contributed by atoms with Gasteiger partial charge in [-0.3, -0.25) is 9.59 Å². The van der Waals surface area contributed by atoms with Gasteiger partial charge in [-0.25, -0.2) is 16.8 Å². The smallest absolute Gasteiger partial charge is 0.323 e. The number of carboxylic acid groups (broad SMARTS) is 1. The topological polar surface area (TPSA) is 152 Å². The third-order valence-corrected chi connectivity index (χ3v) is 7.53. The third kappa shape index (κ3) is 3.53. The number of benzene rings is 1. The molecule has 1 unspecified atom stereocenters. The number of carbonyl (C=O) groups is 2. The predicted molar refractivity (Wildman–Crippen MR) is 83.9 cm³/mol. The first-order chi connectivity index (χ1) is 10.9. The van der Waals surface area contributed by atoms with Crippen LogP contribution in [0, 0.1) is 0 Å². The summed E-state index contributed by atoms with van der Waals surface area (Å²) in [5, 5.41) is 7.10. The van der Waals surface area contributed by atoms with Crippen molar-refractivity contribution in [2.24, 2.45) is 5.73 Å². The highest BCUT2D eigenvalue weighted by atomic mass is 35.5. The highest BCUT2D eigenvalue weighted by Crippen LogP contribution is 2.25. The van der Waals surface area contributed by atoms with Gasteiger partial charge in [0.1, 0.15) is 0 Å². The van der Waals surface area contributed by atoms with Crippen LogP contribution in [-0.2, 0) is 24.7 Å². The summed E-state index contributed by atoms with van der Waals surface area (Å²) in [4.78, 5) is 22.0. The van der Waals surface area contributed by atoms with Crippen molar-refractivity contribution < 1.29 is 31.5 Å². The molecule has 2 rings (SSSR count). The fourth-order valence-corrected chi connectivity index (χ4v) is 5.72. The second-order valence-electron chi connectivity index (χ2n) is 5.10. The molecular formula is C12H13ClN2O7S2. The van der Waals surface area contributed by atoms with Gasteiger partial charge in [0, 0.05) is 23.7 Å². The van der Waals surface area contributed by atoms with Crippen LogP contribution in [0.3, 0.4) is 0 Å². The van der Waals surface area contributed by atoms with Crippen molar-refractivity contribution in [3.05, 3.63) is 28.8 Å². The molecule has 1 amide bonds. The summed E-state index contributed by atoms with van der Waals surface area (Å²) in [7, 11) is -8.18. The Morgan fingerprint density at radius 3 is 2.46 bits per heavy atom. The molecule has 0 radical (unpaired) electrons. The summed E-state index contributed by atoms with van der Waals surface area (Å²) in [5.41, 5.74) is 4.97. The molecule has 1 aliphatic rings. The lowest BCUT2D eigenvalue weighted by Gasteiger charge is -2.29. The first-order valence-corrected chi connectivity index (χ1v) is 10.0. The van der Waals surface area contributed by atoms with Crippen molar-refractivity contribution in [2.45, 2.75) is 10.1 Å². The number of sulfonamides is 1. The summed E-state index contributed by atoms with van der Waals surface area (Å²) in [6.45, 7) is -1.12. The largest absolute Gasteiger partial charge is 0.480 e. The van der Waals surface area contributed by atoms with Gasteiger partial charge in [-0.1, -0.05) is 11.6 Å². The highest BCUT2D eigenvalue weighted by molar-refractivity contribution is 7.93. The van der Waals surface area contributed by atoms with E-state index in [-0.39, 0.29) is 15.5 Å². The van der Waals surface area contributed by atoms with Gasteiger partial charge in [-0.05, 0) is 18.2 Å². The van der Waals surface area contributed by atoms with Crippen molar-refractivity contribution in [1.82, 2.24) is 4.31 Å². The summed E-state index contributed by atoms with van der Waals surface area (Å²) < 4.78 is 49.5. The number of primary amides is 1. The molecule has 0 aliphatic carbocycles. The number of nitrogens with zero attached hydrogens (tertiary/aromatic N) is 1. The van der Waals surface area contributed by atoms with Crippen LogP contribution < -0.4 is 5.73 Å². The number of nitrogens with two attached hydrogens (primary N) is 1. The van der Waals surface area contributed by atoms with Gasteiger partial charge >= 0.3 is 5.97 Å². The Bertz CT molecular complexity index is 911. The van der Waals surface area contributed by atoms with Gasteiger partial charge in [-0.2, -0.15) is 4.31 Å². The van der Waals surface area contributed by atoms with E-state index < -0.39 is 55.8 Å². The number of carboxylic acids is 1. The van der Waals surface area contributed by atoms with Crippen molar-refractivity contribution in [3.8, 4) is 0 Å². The number of halogens is 1. The van der Waals surface area contributed by atoms with Crippen LogP contribution in [0.2, 0.25) is 5.02 Å². The Morgan fingerprint density at radius 2 is 1.92 bits per heavy atom. The van der Waals surface area contributed by atoms with E-state index in [9.17, 15) is 26.4 Å². The molecule has 1 aliphatic heterocycles. The molecular weight excluding hydrogens is 384 g/mol. The minimum atomic E-state index is -4.24. The zero-order chi connectivity index (χ0) is 18.3.